The van der Waals surface area contributed by atoms with Crippen molar-refractivity contribution in [1.29, 1.82) is 5.26 Å². The van der Waals surface area contributed by atoms with Gasteiger partial charge >= 0.3 is 0 Å². The number of nitriles is 1. The van der Waals surface area contributed by atoms with Gasteiger partial charge in [0.1, 0.15) is 6.07 Å². The largest absolute Gasteiger partial charge is 0.384 e. The van der Waals surface area contributed by atoms with Crippen LogP contribution in [0.15, 0.2) is 60.9 Å². The van der Waals surface area contributed by atoms with Crippen LogP contribution in [-0.4, -0.2) is 22.1 Å². The minimum atomic E-state index is -0.0123. The van der Waals surface area contributed by atoms with Crippen LogP contribution < -0.4 is 5.32 Å². The first-order chi connectivity index (χ1) is 12.2. The highest BCUT2D eigenvalue weighted by molar-refractivity contribution is 5.95. The third-order valence-electron chi connectivity index (χ3n) is 3.98. The number of Topliss-reactive ketones (excluding diaryl/α,β-unsaturated/α-hetero) is 1. The van der Waals surface area contributed by atoms with Gasteiger partial charge in [-0.3, -0.25) is 4.79 Å². The van der Waals surface area contributed by atoms with Crippen molar-refractivity contribution in [2.24, 2.45) is 0 Å². The number of aromatic nitrogens is 2. The van der Waals surface area contributed by atoms with Crippen LogP contribution in [0.25, 0.3) is 5.69 Å². The molecule has 0 fully saturated rings. The van der Waals surface area contributed by atoms with E-state index in [0.29, 0.717) is 23.4 Å². The fourth-order valence-electron chi connectivity index (χ4n) is 2.59. The molecule has 0 atom stereocenters. The van der Waals surface area contributed by atoms with E-state index in [0.717, 1.165) is 12.1 Å². The van der Waals surface area contributed by atoms with Crippen molar-refractivity contribution in [2.45, 2.75) is 13.3 Å². The summed E-state index contributed by atoms with van der Waals surface area (Å²) in [4.78, 5) is 11.5. The zero-order valence-electron chi connectivity index (χ0n) is 13.9. The Labute approximate surface area is 146 Å². The molecule has 5 heteroatoms. The molecule has 0 bridgehead atoms. The Balaban J connectivity index is 1.64. The van der Waals surface area contributed by atoms with Gasteiger partial charge in [0.25, 0.3) is 0 Å². The van der Waals surface area contributed by atoms with Crippen molar-refractivity contribution in [3.8, 4) is 11.8 Å². The van der Waals surface area contributed by atoms with Gasteiger partial charge in [0.2, 0.25) is 0 Å². The van der Waals surface area contributed by atoms with Gasteiger partial charge in [0.15, 0.2) is 5.78 Å². The van der Waals surface area contributed by atoms with Gasteiger partial charge < -0.3 is 5.32 Å². The van der Waals surface area contributed by atoms with Crippen LogP contribution in [0.1, 0.15) is 28.4 Å². The van der Waals surface area contributed by atoms with Crippen molar-refractivity contribution in [1.82, 2.24) is 9.78 Å². The number of anilines is 1. The normalized spacial score (nSPS) is 10.2. The summed E-state index contributed by atoms with van der Waals surface area (Å²) in [5, 5.41) is 16.7. The van der Waals surface area contributed by atoms with E-state index in [4.69, 9.17) is 0 Å². The Kier molecular flexibility index (Phi) is 4.91. The van der Waals surface area contributed by atoms with Crippen LogP contribution in [0.5, 0.6) is 0 Å². The lowest BCUT2D eigenvalue weighted by molar-refractivity contribution is 0.101. The van der Waals surface area contributed by atoms with Crippen LogP contribution in [0.4, 0.5) is 5.69 Å². The highest BCUT2D eigenvalue weighted by atomic mass is 16.1. The summed E-state index contributed by atoms with van der Waals surface area (Å²) >= 11 is 0. The van der Waals surface area contributed by atoms with E-state index in [-0.39, 0.29) is 5.78 Å². The van der Waals surface area contributed by atoms with Gasteiger partial charge in [0, 0.05) is 24.5 Å². The highest BCUT2D eigenvalue weighted by Crippen LogP contribution is 2.18. The van der Waals surface area contributed by atoms with Crippen LogP contribution in [-0.2, 0) is 6.42 Å². The summed E-state index contributed by atoms with van der Waals surface area (Å²) in [7, 11) is 0. The first kappa shape index (κ1) is 16.5. The van der Waals surface area contributed by atoms with Crippen molar-refractivity contribution in [3.63, 3.8) is 0 Å². The van der Waals surface area contributed by atoms with E-state index in [2.05, 4.69) is 28.6 Å². The first-order valence-corrected chi connectivity index (χ1v) is 8.05. The molecule has 3 rings (SSSR count). The second kappa shape index (κ2) is 7.45. The molecule has 0 aliphatic heterocycles. The van der Waals surface area contributed by atoms with Crippen molar-refractivity contribution in [3.05, 3.63) is 77.6 Å². The van der Waals surface area contributed by atoms with Crippen molar-refractivity contribution in [2.75, 3.05) is 11.9 Å². The average Bonchev–Trinajstić information content (AvgIpc) is 3.17. The molecule has 2 aromatic carbocycles. The fourth-order valence-corrected chi connectivity index (χ4v) is 2.59. The third kappa shape index (κ3) is 3.93. The van der Waals surface area contributed by atoms with E-state index in [9.17, 15) is 10.1 Å². The Hall–Kier alpha value is -3.39. The predicted molar refractivity (Wildman–Crippen MR) is 96.9 cm³/mol. The molecule has 0 saturated heterocycles. The van der Waals surface area contributed by atoms with Crippen LogP contribution in [0, 0.1) is 11.3 Å². The molecule has 124 valence electrons. The van der Waals surface area contributed by atoms with E-state index >= 15 is 0 Å². The molecule has 0 unspecified atom stereocenters. The lowest BCUT2D eigenvalue weighted by atomic mass is 10.1. The maximum Gasteiger partial charge on any atom is 0.159 e. The SMILES string of the molecule is CC(=O)c1ccc(C#N)c(NCCc2ccc(-n3cccn3)cc2)c1. The molecule has 5 nitrogen and oxygen atoms in total. The summed E-state index contributed by atoms with van der Waals surface area (Å²) < 4.78 is 1.81. The van der Waals surface area contributed by atoms with E-state index in [1.54, 1.807) is 24.4 Å². The lowest BCUT2D eigenvalue weighted by Crippen LogP contribution is -2.07. The number of rotatable bonds is 6. The molecule has 0 aliphatic rings. The fraction of sp³-hybridized carbons (Fsp3) is 0.150. The Bertz CT molecular complexity index is 906. The maximum absolute atomic E-state index is 11.5. The number of carbonyl (C=O) groups is 1. The van der Waals surface area contributed by atoms with Crippen molar-refractivity contribution < 1.29 is 4.79 Å². The van der Waals surface area contributed by atoms with Crippen LogP contribution >= 0.6 is 0 Å². The van der Waals surface area contributed by atoms with Gasteiger partial charge in [-0.15, -0.1) is 0 Å². The predicted octanol–water partition coefficient (Wildman–Crippen LogP) is 3.60. The summed E-state index contributed by atoms with van der Waals surface area (Å²) in [6, 6.07) is 17.3. The number of hydrogen-bond acceptors (Lipinski definition) is 4. The molecule has 0 aliphatic carbocycles. The number of nitrogens with zero attached hydrogens (tertiary/aromatic N) is 3. The van der Waals surface area contributed by atoms with E-state index in [1.165, 1.54) is 12.5 Å². The second-order valence-electron chi connectivity index (χ2n) is 5.72. The smallest absolute Gasteiger partial charge is 0.159 e. The third-order valence-corrected chi connectivity index (χ3v) is 3.98. The summed E-state index contributed by atoms with van der Waals surface area (Å²) in [6.07, 6.45) is 4.47. The number of benzene rings is 2. The Morgan fingerprint density at radius 1 is 1.24 bits per heavy atom. The van der Waals surface area contributed by atoms with Gasteiger partial charge in [-0.2, -0.15) is 10.4 Å². The highest BCUT2D eigenvalue weighted by Gasteiger charge is 2.06. The average molecular weight is 330 g/mol. The second-order valence-corrected chi connectivity index (χ2v) is 5.72. The number of carbonyl (C=O) groups excluding carboxylic acids is 1. The number of ketones is 1. The summed E-state index contributed by atoms with van der Waals surface area (Å²) in [5.74, 6) is -0.0123. The zero-order chi connectivity index (χ0) is 17.6. The van der Waals surface area contributed by atoms with Gasteiger partial charge in [-0.25, -0.2) is 4.68 Å². The van der Waals surface area contributed by atoms with Crippen LogP contribution in [0.3, 0.4) is 0 Å². The van der Waals surface area contributed by atoms with Gasteiger partial charge in [0.05, 0.1) is 16.9 Å². The number of nitrogens with one attached hydrogen (secondary N) is 1. The van der Waals surface area contributed by atoms with Gasteiger partial charge in [-0.1, -0.05) is 12.1 Å². The number of hydrogen-bond donors (Lipinski definition) is 1. The summed E-state index contributed by atoms with van der Waals surface area (Å²) in [5.41, 5.74) is 4.04. The standard InChI is InChI=1S/C20H18N4O/c1-15(25)17-5-6-18(14-21)20(13-17)22-11-9-16-3-7-19(8-4-16)24-12-2-10-23-24/h2-8,10,12-13,22H,9,11H2,1H3. The van der Waals surface area contributed by atoms with Gasteiger partial charge in [-0.05, 0) is 55.3 Å². The minimum absolute atomic E-state index is 0.0123. The van der Waals surface area contributed by atoms with Crippen LogP contribution in [0.2, 0.25) is 0 Å². The Morgan fingerprint density at radius 2 is 2.04 bits per heavy atom. The Morgan fingerprint density at radius 3 is 2.68 bits per heavy atom. The molecule has 0 radical (unpaired) electrons. The molecule has 1 heterocycles. The lowest BCUT2D eigenvalue weighted by Gasteiger charge is -2.10. The van der Waals surface area contributed by atoms with E-state index in [1.807, 2.05) is 29.1 Å². The van der Waals surface area contributed by atoms with Crippen molar-refractivity contribution >= 4 is 11.5 Å². The zero-order valence-corrected chi connectivity index (χ0v) is 13.9. The summed E-state index contributed by atoms with van der Waals surface area (Å²) in [6.45, 7) is 2.20. The monoisotopic (exact) mass is 330 g/mol. The molecule has 0 amide bonds. The van der Waals surface area contributed by atoms with E-state index < -0.39 is 0 Å². The molecule has 25 heavy (non-hydrogen) atoms. The molecule has 0 saturated carbocycles. The molecule has 3 aromatic rings. The maximum atomic E-state index is 11.5. The molecule has 1 aromatic heterocycles. The minimum Gasteiger partial charge on any atom is -0.384 e. The first-order valence-electron chi connectivity index (χ1n) is 8.05. The molecule has 1 N–H and O–H groups in total. The molecular weight excluding hydrogens is 312 g/mol. The topological polar surface area (TPSA) is 70.7 Å². The quantitative estimate of drug-likeness (QED) is 0.701. The molecular formula is C20H18N4O. The molecule has 0 spiro atoms.